The molecule has 108 valence electrons. The molecule has 1 aromatic heterocycles. The van der Waals surface area contributed by atoms with Crippen LogP contribution in [0, 0.1) is 6.92 Å². The molecule has 1 saturated heterocycles. The lowest BCUT2D eigenvalue weighted by Crippen LogP contribution is -2.53. The Bertz CT molecular complexity index is 400. The quantitative estimate of drug-likeness (QED) is 0.843. The molecule has 2 N–H and O–H groups in total. The Labute approximate surface area is 116 Å². The van der Waals surface area contributed by atoms with E-state index < -0.39 is 0 Å². The normalized spacial score (nSPS) is 21.8. The molecule has 4 nitrogen and oxygen atoms in total. The minimum absolute atomic E-state index is 0.0365. The number of nitrogens with zero attached hydrogens (tertiary/aromatic N) is 1. The largest absolute Gasteiger partial charge is 0.466 e. The van der Waals surface area contributed by atoms with Crippen molar-refractivity contribution in [3.05, 3.63) is 23.7 Å². The first-order chi connectivity index (χ1) is 8.97. The van der Waals surface area contributed by atoms with E-state index in [2.05, 4.69) is 42.5 Å². The van der Waals surface area contributed by atoms with Gasteiger partial charge in [0, 0.05) is 44.2 Å². The fraction of sp³-hybridized carbons (Fsp3) is 0.733. The molecule has 0 amide bonds. The van der Waals surface area contributed by atoms with E-state index in [1.54, 1.807) is 0 Å². The molecule has 0 aromatic carbocycles. The minimum Gasteiger partial charge on any atom is -0.466 e. The first-order valence-electron chi connectivity index (χ1n) is 7.17. The van der Waals surface area contributed by atoms with Gasteiger partial charge in [-0.15, -0.1) is 0 Å². The highest BCUT2D eigenvalue weighted by Gasteiger charge is 2.24. The summed E-state index contributed by atoms with van der Waals surface area (Å²) in [7, 11) is 2.18. The average Bonchev–Trinajstić information content (AvgIpc) is 2.76. The monoisotopic (exact) mass is 265 g/mol. The van der Waals surface area contributed by atoms with Crippen molar-refractivity contribution in [1.82, 2.24) is 15.5 Å². The van der Waals surface area contributed by atoms with Crippen molar-refractivity contribution in [2.24, 2.45) is 0 Å². The van der Waals surface area contributed by atoms with E-state index in [9.17, 15) is 0 Å². The molecule has 0 radical (unpaired) electrons. The van der Waals surface area contributed by atoms with Gasteiger partial charge in [-0.1, -0.05) is 13.8 Å². The van der Waals surface area contributed by atoms with Crippen molar-refractivity contribution in [3.8, 4) is 0 Å². The van der Waals surface area contributed by atoms with Gasteiger partial charge < -0.3 is 20.0 Å². The van der Waals surface area contributed by atoms with Crippen LogP contribution in [0.2, 0.25) is 0 Å². The molecular formula is C15H27N3O. The standard InChI is InChI=1S/C15H27N3O/c1-12-5-6-14(19-12)15(2,3)11-16-9-13-10-18(4)8-7-17-13/h5-6,13,16-17H,7-11H2,1-4H3. The van der Waals surface area contributed by atoms with E-state index in [0.29, 0.717) is 6.04 Å². The molecule has 0 saturated carbocycles. The van der Waals surface area contributed by atoms with Crippen molar-refractivity contribution >= 4 is 0 Å². The van der Waals surface area contributed by atoms with Gasteiger partial charge in [0.25, 0.3) is 0 Å². The predicted molar refractivity (Wildman–Crippen MR) is 78.6 cm³/mol. The highest BCUT2D eigenvalue weighted by Crippen LogP contribution is 2.24. The van der Waals surface area contributed by atoms with Crippen LogP contribution in [-0.2, 0) is 5.41 Å². The van der Waals surface area contributed by atoms with Crippen LogP contribution in [0.15, 0.2) is 16.5 Å². The molecule has 1 atom stereocenters. The fourth-order valence-electron chi connectivity index (χ4n) is 2.57. The van der Waals surface area contributed by atoms with Crippen molar-refractivity contribution in [3.63, 3.8) is 0 Å². The fourth-order valence-corrected chi connectivity index (χ4v) is 2.57. The zero-order valence-corrected chi connectivity index (χ0v) is 12.6. The van der Waals surface area contributed by atoms with Gasteiger partial charge in [-0.25, -0.2) is 0 Å². The summed E-state index contributed by atoms with van der Waals surface area (Å²) in [6.45, 7) is 11.7. The second-order valence-corrected chi connectivity index (χ2v) is 6.34. The molecule has 0 spiro atoms. The summed E-state index contributed by atoms with van der Waals surface area (Å²) < 4.78 is 5.74. The minimum atomic E-state index is 0.0365. The molecule has 0 bridgehead atoms. The molecule has 1 aliphatic heterocycles. The zero-order chi connectivity index (χ0) is 13.9. The molecule has 1 unspecified atom stereocenters. The van der Waals surface area contributed by atoms with Crippen LogP contribution in [-0.4, -0.2) is 50.7 Å². The number of hydrogen-bond donors (Lipinski definition) is 2. The number of piperazine rings is 1. The first-order valence-corrected chi connectivity index (χ1v) is 7.17. The smallest absolute Gasteiger partial charge is 0.111 e. The Kier molecular flexibility index (Phi) is 4.66. The molecule has 2 rings (SSSR count). The second kappa shape index (κ2) is 6.07. The Morgan fingerprint density at radius 1 is 1.47 bits per heavy atom. The third-order valence-corrected chi connectivity index (χ3v) is 3.82. The molecule has 1 fully saturated rings. The van der Waals surface area contributed by atoms with Gasteiger partial charge >= 0.3 is 0 Å². The lowest BCUT2D eigenvalue weighted by molar-refractivity contribution is 0.231. The van der Waals surface area contributed by atoms with E-state index in [1.807, 2.05) is 13.0 Å². The van der Waals surface area contributed by atoms with Crippen LogP contribution < -0.4 is 10.6 Å². The Morgan fingerprint density at radius 2 is 2.26 bits per heavy atom. The van der Waals surface area contributed by atoms with Gasteiger partial charge in [0.15, 0.2) is 0 Å². The number of nitrogens with one attached hydrogen (secondary N) is 2. The summed E-state index contributed by atoms with van der Waals surface area (Å²) in [5.41, 5.74) is 0.0365. The topological polar surface area (TPSA) is 40.4 Å². The molecular weight excluding hydrogens is 238 g/mol. The Hall–Kier alpha value is -0.840. The highest BCUT2D eigenvalue weighted by molar-refractivity contribution is 5.15. The van der Waals surface area contributed by atoms with Crippen LogP contribution in [0.25, 0.3) is 0 Å². The second-order valence-electron chi connectivity index (χ2n) is 6.34. The van der Waals surface area contributed by atoms with Crippen LogP contribution in [0.5, 0.6) is 0 Å². The van der Waals surface area contributed by atoms with E-state index in [-0.39, 0.29) is 5.41 Å². The molecule has 19 heavy (non-hydrogen) atoms. The van der Waals surface area contributed by atoms with E-state index in [1.165, 1.54) is 0 Å². The van der Waals surface area contributed by atoms with Gasteiger partial charge in [-0.3, -0.25) is 0 Å². The zero-order valence-electron chi connectivity index (χ0n) is 12.6. The third-order valence-electron chi connectivity index (χ3n) is 3.82. The van der Waals surface area contributed by atoms with Gasteiger partial charge in [-0.05, 0) is 26.1 Å². The lowest BCUT2D eigenvalue weighted by atomic mass is 9.90. The van der Waals surface area contributed by atoms with Gasteiger partial charge in [-0.2, -0.15) is 0 Å². The maximum absolute atomic E-state index is 5.74. The van der Waals surface area contributed by atoms with Crippen LogP contribution in [0.4, 0.5) is 0 Å². The molecule has 0 aliphatic carbocycles. The van der Waals surface area contributed by atoms with Crippen molar-refractivity contribution in [2.45, 2.75) is 32.2 Å². The highest BCUT2D eigenvalue weighted by atomic mass is 16.3. The summed E-state index contributed by atoms with van der Waals surface area (Å²) in [5, 5.41) is 7.13. The summed E-state index contributed by atoms with van der Waals surface area (Å²) in [4.78, 5) is 2.38. The maximum Gasteiger partial charge on any atom is 0.111 e. The number of furan rings is 1. The molecule has 1 aromatic rings. The van der Waals surface area contributed by atoms with E-state index in [4.69, 9.17) is 4.42 Å². The van der Waals surface area contributed by atoms with E-state index in [0.717, 1.165) is 44.2 Å². The first kappa shape index (κ1) is 14.6. The summed E-state index contributed by atoms with van der Waals surface area (Å²) in [6.07, 6.45) is 0. The average molecular weight is 265 g/mol. The van der Waals surface area contributed by atoms with Crippen LogP contribution in [0.3, 0.4) is 0 Å². The summed E-state index contributed by atoms with van der Waals surface area (Å²) >= 11 is 0. The number of rotatable bonds is 5. The molecule has 4 heteroatoms. The van der Waals surface area contributed by atoms with Crippen LogP contribution >= 0.6 is 0 Å². The van der Waals surface area contributed by atoms with Crippen molar-refractivity contribution in [2.75, 3.05) is 39.8 Å². The molecule has 2 heterocycles. The maximum atomic E-state index is 5.74. The van der Waals surface area contributed by atoms with Gasteiger partial charge in [0.2, 0.25) is 0 Å². The van der Waals surface area contributed by atoms with E-state index >= 15 is 0 Å². The van der Waals surface area contributed by atoms with Gasteiger partial charge in [0.05, 0.1) is 0 Å². The summed E-state index contributed by atoms with van der Waals surface area (Å²) in [6, 6.07) is 4.67. The third kappa shape index (κ3) is 4.06. The van der Waals surface area contributed by atoms with Crippen LogP contribution in [0.1, 0.15) is 25.4 Å². The summed E-state index contributed by atoms with van der Waals surface area (Å²) in [5.74, 6) is 2.05. The number of hydrogen-bond acceptors (Lipinski definition) is 4. The number of likely N-dealkylation sites (N-methyl/N-ethyl adjacent to an activating group) is 1. The SMILES string of the molecule is Cc1ccc(C(C)(C)CNCC2CN(C)CCN2)o1. The van der Waals surface area contributed by atoms with Crippen molar-refractivity contribution < 1.29 is 4.42 Å². The van der Waals surface area contributed by atoms with Gasteiger partial charge in [0.1, 0.15) is 11.5 Å². The number of aryl methyl sites for hydroxylation is 1. The van der Waals surface area contributed by atoms with Crippen molar-refractivity contribution in [1.29, 1.82) is 0 Å². The lowest BCUT2D eigenvalue weighted by Gasteiger charge is -2.32. The molecule has 1 aliphatic rings. The Balaban J connectivity index is 1.78. The predicted octanol–water partition coefficient (Wildman–Crippen LogP) is 1.36. The Morgan fingerprint density at radius 3 is 2.89 bits per heavy atom.